The van der Waals surface area contributed by atoms with Gasteiger partial charge in [-0.1, -0.05) is 35.9 Å². The molecule has 0 atom stereocenters. The van der Waals surface area contributed by atoms with Crippen LogP contribution in [0.4, 0.5) is 11.4 Å². The first-order valence-electron chi connectivity index (χ1n) is 10.1. The summed E-state index contributed by atoms with van der Waals surface area (Å²) in [4.78, 5) is 24.8. The number of halogens is 1. The SMILES string of the molecule is CCOC(=O)c1ccccc1NC(=O)c1ccc(Cl)c(S(=O)(=O)Nc2cccc(C)c2C)c1. The van der Waals surface area contributed by atoms with E-state index in [1.54, 1.807) is 44.2 Å². The molecule has 2 N–H and O–H groups in total. The number of hydrogen-bond acceptors (Lipinski definition) is 5. The number of ether oxygens (including phenoxy) is 1. The molecule has 0 fully saturated rings. The van der Waals surface area contributed by atoms with Crippen LogP contribution in [0.2, 0.25) is 5.02 Å². The fraction of sp³-hybridized carbons (Fsp3) is 0.167. The van der Waals surface area contributed by atoms with Crippen LogP contribution in [0.5, 0.6) is 0 Å². The number of para-hydroxylation sites is 1. The van der Waals surface area contributed by atoms with E-state index >= 15 is 0 Å². The maximum Gasteiger partial charge on any atom is 0.340 e. The predicted molar refractivity (Wildman–Crippen MR) is 129 cm³/mol. The van der Waals surface area contributed by atoms with Crippen molar-refractivity contribution >= 4 is 44.9 Å². The van der Waals surface area contributed by atoms with Gasteiger partial charge in [-0.05, 0) is 68.3 Å². The van der Waals surface area contributed by atoms with Crippen LogP contribution < -0.4 is 10.0 Å². The second-order valence-corrected chi connectivity index (χ2v) is 9.28. The van der Waals surface area contributed by atoms with Gasteiger partial charge in [0.2, 0.25) is 0 Å². The maximum absolute atomic E-state index is 13.0. The monoisotopic (exact) mass is 486 g/mol. The highest BCUT2D eigenvalue weighted by Crippen LogP contribution is 2.28. The number of hydrogen-bond donors (Lipinski definition) is 2. The Bertz CT molecular complexity index is 1320. The van der Waals surface area contributed by atoms with E-state index in [1.165, 1.54) is 24.3 Å². The molecule has 1 amide bonds. The number of aryl methyl sites for hydroxylation is 1. The zero-order chi connectivity index (χ0) is 24.2. The molecule has 0 bridgehead atoms. The van der Waals surface area contributed by atoms with E-state index in [9.17, 15) is 18.0 Å². The fourth-order valence-electron chi connectivity index (χ4n) is 3.09. The van der Waals surface area contributed by atoms with Crippen molar-refractivity contribution in [2.75, 3.05) is 16.6 Å². The smallest absolute Gasteiger partial charge is 0.340 e. The van der Waals surface area contributed by atoms with Crippen molar-refractivity contribution in [2.24, 2.45) is 0 Å². The van der Waals surface area contributed by atoms with Gasteiger partial charge in [0, 0.05) is 5.56 Å². The fourth-order valence-corrected chi connectivity index (χ4v) is 4.74. The molecule has 0 aliphatic heterocycles. The Kier molecular flexibility index (Phi) is 7.40. The summed E-state index contributed by atoms with van der Waals surface area (Å²) in [6, 6.07) is 15.6. The summed E-state index contributed by atoms with van der Waals surface area (Å²) in [6.45, 7) is 5.55. The Labute approximate surface area is 197 Å². The summed E-state index contributed by atoms with van der Waals surface area (Å²) in [6.07, 6.45) is 0. The van der Waals surface area contributed by atoms with Gasteiger partial charge in [0.15, 0.2) is 0 Å². The third-order valence-electron chi connectivity index (χ3n) is 5.00. The quantitative estimate of drug-likeness (QED) is 0.448. The Balaban J connectivity index is 1.91. The zero-order valence-electron chi connectivity index (χ0n) is 18.3. The standard InChI is InChI=1S/C24H23ClN2O5S/c1-4-32-24(29)18-9-5-6-10-21(18)26-23(28)17-12-13-19(25)22(14-17)33(30,31)27-20-11-7-8-15(2)16(20)3/h5-14,27H,4H2,1-3H3,(H,26,28). The van der Waals surface area contributed by atoms with Crippen molar-refractivity contribution in [2.45, 2.75) is 25.7 Å². The summed E-state index contributed by atoms with van der Waals surface area (Å²) in [5, 5.41) is 2.60. The summed E-state index contributed by atoms with van der Waals surface area (Å²) in [7, 11) is -4.08. The molecule has 33 heavy (non-hydrogen) atoms. The van der Waals surface area contributed by atoms with Crippen molar-refractivity contribution in [3.8, 4) is 0 Å². The van der Waals surface area contributed by atoms with Gasteiger partial charge in [-0.25, -0.2) is 13.2 Å². The molecule has 0 aliphatic rings. The van der Waals surface area contributed by atoms with Crippen molar-refractivity contribution in [1.29, 1.82) is 0 Å². The number of benzene rings is 3. The van der Waals surface area contributed by atoms with Gasteiger partial charge in [0.05, 0.1) is 28.6 Å². The topological polar surface area (TPSA) is 102 Å². The molecular weight excluding hydrogens is 464 g/mol. The van der Waals surface area contributed by atoms with Crippen molar-refractivity contribution < 1.29 is 22.7 Å². The van der Waals surface area contributed by atoms with E-state index in [0.717, 1.165) is 11.1 Å². The number of amides is 1. The van der Waals surface area contributed by atoms with Crippen LogP contribution in [0.25, 0.3) is 0 Å². The van der Waals surface area contributed by atoms with Crippen LogP contribution in [-0.4, -0.2) is 26.9 Å². The first-order valence-corrected chi connectivity index (χ1v) is 12.0. The summed E-state index contributed by atoms with van der Waals surface area (Å²) in [5.74, 6) is -1.18. The zero-order valence-corrected chi connectivity index (χ0v) is 19.9. The van der Waals surface area contributed by atoms with Gasteiger partial charge in [-0.3, -0.25) is 9.52 Å². The molecule has 3 aromatic carbocycles. The first kappa shape index (κ1) is 24.3. The van der Waals surface area contributed by atoms with Crippen LogP contribution >= 0.6 is 11.6 Å². The molecule has 0 saturated heterocycles. The summed E-state index contributed by atoms with van der Waals surface area (Å²) < 4.78 is 33.6. The third kappa shape index (κ3) is 5.53. The minimum absolute atomic E-state index is 0.0312. The molecular formula is C24H23ClN2O5S. The average molecular weight is 487 g/mol. The minimum atomic E-state index is -4.08. The largest absolute Gasteiger partial charge is 0.462 e. The number of rotatable bonds is 7. The van der Waals surface area contributed by atoms with Gasteiger partial charge < -0.3 is 10.1 Å². The predicted octanol–water partition coefficient (Wildman–Crippen LogP) is 5.19. The number of carbonyl (C=O) groups excluding carboxylic acids is 2. The Morgan fingerprint density at radius 3 is 2.39 bits per heavy atom. The Morgan fingerprint density at radius 1 is 0.970 bits per heavy atom. The molecule has 0 aliphatic carbocycles. The third-order valence-corrected chi connectivity index (χ3v) is 6.85. The van der Waals surface area contributed by atoms with E-state index in [-0.39, 0.29) is 33.3 Å². The second kappa shape index (κ2) is 10.1. The van der Waals surface area contributed by atoms with Gasteiger partial charge in [0.25, 0.3) is 15.9 Å². The van der Waals surface area contributed by atoms with E-state index in [2.05, 4.69) is 10.0 Å². The summed E-state index contributed by atoms with van der Waals surface area (Å²) in [5.41, 5.74) is 2.61. The molecule has 172 valence electrons. The molecule has 3 rings (SSSR count). The molecule has 0 aromatic heterocycles. The number of sulfonamides is 1. The maximum atomic E-state index is 13.0. The molecule has 0 unspecified atom stereocenters. The lowest BCUT2D eigenvalue weighted by atomic mass is 10.1. The molecule has 0 heterocycles. The van der Waals surface area contributed by atoms with Crippen molar-refractivity contribution in [3.05, 3.63) is 87.9 Å². The molecule has 0 radical (unpaired) electrons. The van der Waals surface area contributed by atoms with Gasteiger partial charge in [0.1, 0.15) is 4.90 Å². The number of esters is 1. The Hall–Kier alpha value is -3.36. The lowest BCUT2D eigenvalue weighted by Gasteiger charge is -2.14. The highest BCUT2D eigenvalue weighted by Gasteiger charge is 2.22. The van der Waals surface area contributed by atoms with Gasteiger partial charge in [-0.2, -0.15) is 0 Å². The van der Waals surface area contributed by atoms with Crippen LogP contribution in [0, 0.1) is 13.8 Å². The number of carbonyl (C=O) groups is 2. The molecule has 0 saturated carbocycles. The van der Waals surface area contributed by atoms with Crippen LogP contribution in [0.15, 0.2) is 65.6 Å². The van der Waals surface area contributed by atoms with Crippen LogP contribution in [-0.2, 0) is 14.8 Å². The van der Waals surface area contributed by atoms with Crippen molar-refractivity contribution in [3.63, 3.8) is 0 Å². The van der Waals surface area contributed by atoms with Crippen molar-refractivity contribution in [1.82, 2.24) is 0 Å². The van der Waals surface area contributed by atoms with Crippen LogP contribution in [0.1, 0.15) is 38.8 Å². The lowest BCUT2D eigenvalue weighted by Crippen LogP contribution is -2.18. The highest BCUT2D eigenvalue weighted by molar-refractivity contribution is 7.92. The number of anilines is 2. The Morgan fingerprint density at radius 2 is 1.67 bits per heavy atom. The van der Waals surface area contributed by atoms with Crippen LogP contribution in [0.3, 0.4) is 0 Å². The summed E-state index contributed by atoms with van der Waals surface area (Å²) >= 11 is 6.17. The van der Waals surface area contributed by atoms with E-state index in [0.29, 0.717) is 5.69 Å². The highest BCUT2D eigenvalue weighted by atomic mass is 35.5. The second-order valence-electron chi connectivity index (χ2n) is 7.22. The normalized spacial score (nSPS) is 11.0. The van der Waals surface area contributed by atoms with E-state index in [1.807, 2.05) is 13.0 Å². The lowest BCUT2D eigenvalue weighted by molar-refractivity contribution is 0.0527. The molecule has 7 nitrogen and oxygen atoms in total. The van der Waals surface area contributed by atoms with Gasteiger partial charge in [-0.15, -0.1) is 0 Å². The van der Waals surface area contributed by atoms with E-state index in [4.69, 9.17) is 16.3 Å². The number of nitrogens with one attached hydrogen (secondary N) is 2. The van der Waals surface area contributed by atoms with E-state index < -0.39 is 21.9 Å². The average Bonchev–Trinajstić information content (AvgIpc) is 2.77. The molecule has 9 heteroatoms. The van der Waals surface area contributed by atoms with Gasteiger partial charge >= 0.3 is 5.97 Å². The first-order chi connectivity index (χ1) is 15.6. The minimum Gasteiger partial charge on any atom is -0.462 e. The molecule has 3 aromatic rings. The molecule has 0 spiro atoms.